The van der Waals surface area contributed by atoms with Crippen molar-refractivity contribution in [3.8, 4) is 11.3 Å². The maximum absolute atomic E-state index is 13.4. The van der Waals surface area contributed by atoms with E-state index >= 15 is 0 Å². The van der Waals surface area contributed by atoms with Crippen LogP contribution < -0.4 is 5.32 Å². The van der Waals surface area contributed by atoms with Gasteiger partial charge < -0.3 is 5.32 Å². The molecule has 3 nitrogen and oxygen atoms in total. The monoisotopic (exact) mass is 261 g/mol. The van der Waals surface area contributed by atoms with Gasteiger partial charge in [-0.2, -0.15) is 5.10 Å². The summed E-state index contributed by atoms with van der Waals surface area (Å²) in [4.78, 5) is 0. The Balaban J connectivity index is 2.39. The quantitative estimate of drug-likeness (QED) is 0.865. The van der Waals surface area contributed by atoms with Crippen LogP contribution in [0.25, 0.3) is 11.3 Å². The highest BCUT2D eigenvalue weighted by Gasteiger charge is 2.10. The minimum atomic E-state index is -0.196. The molecule has 102 valence electrons. The Labute approximate surface area is 113 Å². The smallest absolute Gasteiger partial charge is 0.123 e. The highest BCUT2D eigenvalue weighted by atomic mass is 19.1. The molecule has 0 aliphatic heterocycles. The number of aryl methyl sites for hydroxylation is 1. The van der Waals surface area contributed by atoms with Crippen molar-refractivity contribution in [2.45, 2.75) is 33.4 Å². The van der Waals surface area contributed by atoms with Crippen LogP contribution >= 0.6 is 0 Å². The number of nitrogens with zero attached hydrogens (tertiary/aromatic N) is 2. The number of aromatic nitrogens is 2. The molecule has 1 aromatic carbocycles. The van der Waals surface area contributed by atoms with E-state index in [9.17, 15) is 4.39 Å². The van der Waals surface area contributed by atoms with E-state index < -0.39 is 0 Å². The van der Waals surface area contributed by atoms with Crippen LogP contribution in [0.2, 0.25) is 0 Å². The van der Waals surface area contributed by atoms with Crippen LogP contribution in [0.4, 0.5) is 4.39 Å². The molecule has 0 amide bonds. The third-order valence-electron chi connectivity index (χ3n) is 3.06. The molecule has 0 aliphatic rings. The molecule has 0 atom stereocenters. The summed E-state index contributed by atoms with van der Waals surface area (Å²) in [6.07, 6.45) is 2.82. The summed E-state index contributed by atoms with van der Waals surface area (Å²) in [7, 11) is 0. The number of hydrogen-bond donors (Lipinski definition) is 1. The summed E-state index contributed by atoms with van der Waals surface area (Å²) in [6.45, 7) is 6.57. The molecule has 0 fully saturated rings. The van der Waals surface area contributed by atoms with Crippen molar-refractivity contribution in [3.05, 3.63) is 41.8 Å². The molecule has 2 aromatic rings. The number of nitrogens with one attached hydrogen (secondary N) is 1. The number of halogens is 1. The van der Waals surface area contributed by atoms with E-state index in [1.807, 2.05) is 23.7 Å². The second-order valence-electron chi connectivity index (χ2n) is 4.52. The summed E-state index contributed by atoms with van der Waals surface area (Å²) in [5.41, 5.74) is 3.07. The van der Waals surface area contributed by atoms with Gasteiger partial charge in [0.1, 0.15) is 5.82 Å². The Morgan fingerprint density at radius 3 is 2.84 bits per heavy atom. The maximum atomic E-state index is 13.4. The molecule has 1 heterocycles. The molecule has 0 unspecified atom stereocenters. The maximum Gasteiger partial charge on any atom is 0.123 e. The first-order valence-corrected chi connectivity index (χ1v) is 6.77. The highest BCUT2D eigenvalue weighted by Crippen LogP contribution is 2.24. The summed E-state index contributed by atoms with van der Waals surface area (Å²) in [5, 5.41) is 7.58. The van der Waals surface area contributed by atoms with Gasteiger partial charge in [-0.1, -0.05) is 13.8 Å². The fourth-order valence-electron chi connectivity index (χ4n) is 2.17. The molecule has 1 aromatic heterocycles. The van der Waals surface area contributed by atoms with Crippen molar-refractivity contribution >= 4 is 0 Å². The predicted octanol–water partition coefficient (Wildman–Crippen LogP) is 3.21. The molecule has 2 rings (SSSR count). The van der Waals surface area contributed by atoms with Gasteiger partial charge in [-0.15, -0.1) is 0 Å². The Hall–Kier alpha value is -1.68. The molecule has 1 N–H and O–H groups in total. The van der Waals surface area contributed by atoms with Crippen LogP contribution in [-0.4, -0.2) is 16.3 Å². The zero-order valence-corrected chi connectivity index (χ0v) is 11.5. The number of hydrogen-bond acceptors (Lipinski definition) is 2. The second kappa shape index (κ2) is 6.48. The molecule has 0 aliphatic carbocycles. The van der Waals surface area contributed by atoms with Gasteiger partial charge in [0, 0.05) is 24.8 Å². The van der Waals surface area contributed by atoms with Crippen LogP contribution in [0.3, 0.4) is 0 Å². The lowest BCUT2D eigenvalue weighted by Gasteiger charge is -2.12. The molecule has 0 spiro atoms. The average Bonchev–Trinajstić information content (AvgIpc) is 2.85. The van der Waals surface area contributed by atoms with E-state index in [-0.39, 0.29) is 5.82 Å². The van der Waals surface area contributed by atoms with Crippen LogP contribution in [0, 0.1) is 5.82 Å². The van der Waals surface area contributed by atoms with Crippen molar-refractivity contribution < 1.29 is 4.39 Å². The summed E-state index contributed by atoms with van der Waals surface area (Å²) in [6, 6.07) is 6.93. The van der Waals surface area contributed by atoms with E-state index in [0.29, 0.717) is 6.54 Å². The molecular formula is C15H20FN3. The van der Waals surface area contributed by atoms with Gasteiger partial charge in [0.05, 0.1) is 5.69 Å². The van der Waals surface area contributed by atoms with Gasteiger partial charge in [0.25, 0.3) is 0 Å². The zero-order valence-electron chi connectivity index (χ0n) is 11.5. The Kier molecular flexibility index (Phi) is 4.68. The number of benzene rings is 1. The van der Waals surface area contributed by atoms with E-state index in [2.05, 4.69) is 17.3 Å². The predicted molar refractivity (Wildman–Crippen MR) is 75.3 cm³/mol. The van der Waals surface area contributed by atoms with Crippen molar-refractivity contribution in [2.24, 2.45) is 0 Å². The van der Waals surface area contributed by atoms with Crippen molar-refractivity contribution in [3.63, 3.8) is 0 Å². The molecule has 19 heavy (non-hydrogen) atoms. The lowest BCUT2D eigenvalue weighted by atomic mass is 10.0. The zero-order chi connectivity index (χ0) is 13.7. The largest absolute Gasteiger partial charge is 0.313 e. The topological polar surface area (TPSA) is 29.9 Å². The number of rotatable bonds is 6. The molecule has 0 bridgehead atoms. The van der Waals surface area contributed by atoms with Crippen molar-refractivity contribution in [1.29, 1.82) is 0 Å². The lowest BCUT2D eigenvalue weighted by Crippen LogP contribution is -2.13. The SMILES string of the molecule is CCCn1nccc1-c1ccc(F)cc1CNCC. The van der Waals surface area contributed by atoms with Crippen molar-refractivity contribution in [2.75, 3.05) is 6.54 Å². The summed E-state index contributed by atoms with van der Waals surface area (Å²) < 4.78 is 15.4. The van der Waals surface area contributed by atoms with E-state index in [4.69, 9.17) is 0 Å². The highest BCUT2D eigenvalue weighted by molar-refractivity contribution is 5.64. The fourth-order valence-corrected chi connectivity index (χ4v) is 2.17. The fraction of sp³-hybridized carbons (Fsp3) is 0.400. The van der Waals surface area contributed by atoms with E-state index in [1.165, 1.54) is 6.07 Å². The minimum Gasteiger partial charge on any atom is -0.313 e. The first kappa shape index (κ1) is 13.7. The van der Waals surface area contributed by atoms with E-state index in [1.54, 1.807) is 12.3 Å². The molecule has 4 heteroatoms. The summed E-state index contributed by atoms with van der Waals surface area (Å²) in [5.74, 6) is -0.196. The minimum absolute atomic E-state index is 0.196. The third kappa shape index (κ3) is 3.20. The van der Waals surface area contributed by atoms with Crippen LogP contribution in [0.1, 0.15) is 25.8 Å². The van der Waals surface area contributed by atoms with Gasteiger partial charge in [0.2, 0.25) is 0 Å². The van der Waals surface area contributed by atoms with Crippen LogP contribution in [-0.2, 0) is 13.1 Å². The van der Waals surface area contributed by atoms with Gasteiger partial charge in [-0.05, 0) is 42.8 Å². The van der Waals surface area contributed by atoms with Crippen molar-refractivity contribution in [1.82, 2.24) is 15.1 Å². The third-order valence-corrected chi connectivity index (χ3v) is 3.06. The van der Waals surface area contributed by atoms with E-state index in [0.717, 1.165) is 36.3 Å². The van der Waals surface area contributed by atoms with Crippen LogP contribution in [0.15, 0.2) is 30.5 Å². The van der Waals surface area contributed by atoms with Gasteiger partial charge in [0.15, 0.2) is 0 Å². The normalized spacial score (nSPS) is 10.9. The first-order chi connectivity index (χ1) is 9.26. The average molecular weight is 261 g/mol. The lowest BCUT2D eigenvalue weighted by molar-refractivity contribution is 0.606. The second-order valence-corrected chi connectivity index (χ2v) is 4.52. The Morgan fingerprint density at radius 2 is 2.11 bits per heavy atom. The standard InChI is InChI=1S/C15H20FN3/c1-3-9-19-15(7-8-18-19)14-6-5-13(16)10-12(14)11-17-4-2/h5-8,10,17H,3-4,9,11H2,1-2H3. The van der Waals surface area contributed by atoms with Gasteiger partial charge in [-0.3, -0.25) is 4.68 Å². The Morgan fingerprint density at radius 1 is 1.26 bits per heavy atom. The van der Waals surface area contributed by atoms with Crippen LogP contribution in [0.5, 0.6) is 0 Å². The first-order valence-electron chi connectivity index (χ1n) is 6.77. The molecular weight excluding hydrogens is 241 g/mol. The summed E-state index contributed by atoms with van der Waals surface area (Å²) >= 11 is 0. The Bertz CT molecular complexity index is 534. The van der Waals surface area contributed by atoms with Gasteiger partial charge in [-0.25, -0.2) is 4.39 Å². The molecule has 0 saturated carbocycles. The molecule has 0 saturated heterocycles. The molecule has 0 radical (unpaired) electrons. The van der Waals surface area contributed by atoms with Gasteiger partial charge >= 0.3 is 0 Å².